The number of ether oxygens (including phenoxy) is 1. The molecule has 82 valence electrons. The number of hydrogen-bond donors (Lipinski definition) is 1. The first-order chi connectivity index (χ1) is 6.90. The van der Waals surface area contributed by atoms with E-state index in [1.54, 1.807) is 0 Å². The SMILES string of the molecule is NCC1CCCC1SCC1CCCO1. The minimum atomic E-state index is 0.541. The maximum Gasteiger partial charge on any atom is 0.0666 e. The van der Waals surface area contributed by atoms with Gasteiger partial charge in [-0.3, -0.25) is 0 Å². The summed E-state index contributed by atoms with van der Waals surface area (Å²) in [6.07, 6.45) is 7.17. The lowest BCUT2D eigenvalue weighted by Crippen LogP contribution is -2.22. The fourth-order valence-corrected chi connectivity index (χ4v) is 4.08. The molecule has 0 amide bonds. The van der Waals surface area contributed by atoms with Gasteiger partial charge < -0.3 is 10.5 Å². The fraction of sp³-hybridized carbons (Fsp3) is 1.00. The number of hydrogen-bond acceptors (Lipinski definition) is 3. The Morgan fingerprint density at radius 2 is 2.14 bits per heavy atom. The molecule has 1 aliphatic carbocycles. The van der Waals surface area contributed by atoms with Gasteiger partial charge in [-0.15, -0.1) is 0 Å². The van der Waals surface area contributed by atoms with Gasteiger partial charge in [-0.05, 0) is 38.1 Å². The second-order valence-corrected chi connectivity index (χ2v) is 5.71. The summed E-state index contributed by atoms with van der Waals surface area (Å²) in [5.41, 5.74) is 5.76. The lowest BCUT2D eigenvalue weighted by molar-refractivity contribution is 0.128. The van der Waals surface area contributed by atoms with Crippen molar-refractivity contribution in [3.05, 3.63) is 0 Å². The molecule has 0 bridgehead atoms. The highest BCUT2D eigenvalue weighted by atomic mass is 32.2. The highest BCUT2D eigenvalue weighted by Gasteiger charge is 2.27. The molecule has 0 spiro atoms. The number of nitrogens with two attached hydrogens (primary N) is 1. The van der Waals surface area contributed by atoms with E-state index < -0.39 is 0 Å². The zero-order chi connectivity index (χ0) is 9.80. The van der Waals surface area contributed by atoms with E-state index in [9.17, 15) is 0 Å². The van der Waals surface area contributed by atoms with Gasteiger partial charge >= 0.3 is 0 Å². The predicted octanol–water partition coefficient (Wildman–Crippen LogP) is 2.03. The Morgan fingerprint density at radius 3 is 2.86 bits per heavy atom. The Balaban J connectivity index is 1.68. The van der Waals surface area contributed by atoms with E-state index in [-0.39, 0.29) is 0 Å². The summed E-state index contributed by atoms with van der Waals surface area (Å²) in [5.74, 6) is 1.97. The third-order valence-corrected chi connectivity index (χ3v) is 5.03. The van der Waals surface area contributed by atoms with Gasteiger partial charge in [-0.25, -0.2) is 0 Å². The third kappa shape index (κ3) is 2.65. The Morgan fingerprint density at radius 1 is 1.21 bits per heavy atom. The van der Waals surface area contributed by atoms with Gasteiger partial charge in [0.15, 0.2) is 0 Å². The first kappa shape index (κ1) is 10.8. The first-order valence-corrected chi connectivity index (χ1v) is 6.88. The Labute approximate surface area is 91.0 Å². The van der Waals surface area contributed by atoms with E-state index in [2.05, 4.69) is 11.8 Å². The smallest absolute Gasteiger partial charge is 0.0666 e. The first-order valence-electron chi connectivity index (χ1n) is 5.83. The number of rotatable bonds is 4. The van der Waals surface area contributed by atoms with Crippen LogP contribution in [0.5, 0.6) is 0 Å². The van der Waals surface area contributed by atoms with E-state index in [0.717, 1.165) is 24.3 Å². The molecule has 2 aliphatic rings. The van der Waals surface area contributed by atoms with Crippen molar-refractivity contribution in [2.45, 2.75) is 43.5 Å². The molecule has 3 heteroatoms. The summed E-state index contributed by atoms with van der Waals surface area (Å²) in [6, 6.07) is 0. The monoisotopic (exact) mass is 215 g/mol. The molecule has 0 aromatic rings. The molecule has 1 saturated carbocycles. The van der Waals surface area contributed by atoms with Crippen LogP contribution in [0.3, 0.4) is 0 Å². The lowest BCUT2D eigenvalue weighted by atomic mass is 10.1. The van der Waals surface area contributed by atoms with Crippen LogP contribution in [-0.2, 0) is 4.74 Å². The van der Waals surface area contributed by atoms with Crippen molar-refractivity contribution >= 4 is 11.8 Å². The summed E-state index contributed by atoms with van der Waals surface area (Å²) < 4.78 is 5.63. The van der Waals surface area contributed by atoms with Crippen LogP contribution in [0.25, 0.3) is 0 Å². The average Bonchev–Trinajstić information content (AvgIpc) is 2.85. The van der Waals surface area contributed by atoms with Crippen LogP contribution in [0.15, 0.2) is 0 Å². The Bertz CT molecular complexity index is 171. The highest BCUT2D eigenvalue weighted by Crippen LogP contribution is 2.35. The van der Waals surface area contributed by atoms with Crippen LogP contribution in [0.2, 0.25) is 0 Å². The number of thioether (sulfide) groups is 1. The molecule has 1 aliphatic heterocycles. The van der Waals surface area contributed by atoms with Gasteiger partial charge in [0.25, 0.3) is 0 Å². The zero-order valence-electron chi connectivity index (χ0n) is 8.78. The predicted molar refractivity (Wildman–Crippen MR) is 61.6 cm³/mol. The second kappa shape index (κ2) is 5.38. The molecule has 2 fully saturated rings. The molecule has 3 atom stereocenters. The van der Waals surface area contributed by atoms with E-state index in [4.69, 9.17) is 10.5 Å². The molecule has 0 radical (unpaired) electrons. The van der Waals surface area contributed by atoms with Gasteiger partial charge in [0, 0.05) is 17.6 Å². The van der Waals surface area contributed by atoms with Crippen molar-refractivity contribution < 1.29 is 4.74 Å². The van der Waals surface area contributed by atoms with Crippen molar-refractivity contribution in [3.63, 3.8) is 0 Å². The van der Waals surface area contributed by atoms with Crippen molar-refractivity contribution in [3.8, 4) is 0 Å². The second-order valence-electron chi connectivity index (χ2n) is 4.43. The molecular formula is C11H21NOS. The summed E-state index contributed by atoms with van der Waals surface area (Å²) in [7, 11) is 0. The summed E-state index contributed by atoms with van der Waals surface area (Å²) in [5, 5.41) is 0.823. The molecule has 14 heavy (non-hydrogen) atoms. The van der Waals surface area contributed by atoms with E-state index in [1.165, 1.54) is 37.9 Å². The van der Waals surface area contributed by atoms with Crippen LogP contribution in [-0.4, -0.2) is 30.3 Å². The van der Waals surface area contributed by atoms with Gasteiger partial charge in [-0.1, -0.05) is 6.42 Å². The lowest BCUT2D eigenvalue weighted by Gasteiger charge is -2.19. The molecule has 3 unspecified atom stereocenters. The topological polar surface area (TPSA) is 35.2 Å². The van der Waals surface area contributed by atoms with E-state index in [1.807, 2.05) is 0 Å². The van der Waals surface area contributed by atoms with Crippen LogP contribution in [0, 0.1) is 5.92 Å². The molecule has 0 aromatic heterocycles. The Kier molecular flexibility index (Phi) is 4.14. The maximum absolute atomic E-state index is 5.76. The summed E-state index contributed by atoms with van der Waals surface area (Å²) in [4.78, 5) is 0. The Hall–Kier alpha value is 0.270. The highest BCUT2D eigenvalue weighted by molar-refractivity contribution is 7.99. The van der Waals surface area contributed by atoms with E-state index >= 15 is 0 Å². The normalized spacial score (nSPS) is 37.9. The van der Waals surface area contributed by atoms with Crippen molar-refractivity contribution in [2.24, 2.45) is 11.7 Å². The summed E-state index contributed by atoms with van der Waals surface area (Å²) in [6.45, 7) is 1.86. The van der Waals surface area contributed by atoms with Gasteiger partial charge in [0.2, 0.25) is 0 Å². The molecule has 1 saturated heterocycles. The van der Waals surface area contributed by atoms with Crippen LogP contribution < -0.4 is 5.73 Å². The molecular weight excluding hydrogens is 194 g/mol. The standard InChI is InChI=1S/C11H21NOS/c12-7-9-3-1-5-11(9)14-8-10-4-2-6-13-10/h9-11H,1-8,12H2. The van der Waals surface area contributed by atoms with Gasteiger partial charge in [0.1, 0.15) is 0 Å². The third-order valence-electron chi connectivity index (χ3n) is 3.41. The molecule has 0 aromatic carbocycles. The maximum atomic E-state index is 5.76. The van der Waals surface area contributed by atoms with Gasteiger partial charge in [-0.2, -0.15) is 11.8 Å². The molecule has 2 rings (SSSR count). The van der Waals surface area contributed by atoms with Crippen LogP contribution in [0.1, 0.15) is 32.1 Å². The fourth-order valence-electron chi connectivity index (χ4n) is 2.50. The zero-order valence-corrected chi connectivity index (χ0v) is 9.60. The molecule has 2 N–H and O–H groups in total. The molecule has 1 heterocycles. The van der Waals surface area contributed by atoms with Crippen molar-refractivity contribution in [1.82, 2.24) is 0 Å². The minimum absolute atomic E-state index is 0.541. The quantitative estimate of drug-likeness (QED) is 0.779. The average molecular weight is 215 g/mol. The van der Waals surface area contributed by atoms with Crippen molar-refractivity contribution in [1.29, 1.82) is 0 Å². The van der Waals surface area contributed by atoms with Crippen LogP contribution in [0.4, 0.5) is 0 Å². The summed E-state index contributed by atoms with van der Waals surface area (Å²) >= 11 is 2.11. The largest absolute Gasteiger partial charge is 0.377 e. The van der Waals surface area contributed by atoms with Gasteiger partial charge in [0.05, 0.1) is 6.10 Å². The van der Waals surface area contributed by atoms with Crippen LogP contribution >= 0.6 is 11.8 Å². The van der Waals surface area contributed by atoms with E-state index in [0.29, 0.717) is 6.10 Å². The molecule has 2 nitrogen and oxygen atoms in total. The minimum Gasteiger partial charge on any atom is -0.377 e. The van der Waals surface area contributed by atoms with Crippen molar-refractivity contribution in [2.75, 3.05) is 18.9 Å².